The molecule has 4 aromatic rings. The van der Waals surface area contributed by atoms with Crippen molar-refractivity contribution in [1.29, 1.82) is 0 Å². The molecule has 0 saturated carbocycles. The van der Waals surface area contributed by atoms with Crippen LogP contribution < -0.4 is 15.1 Å². The number of hydrogen-bond acceptors (Lipinski definition) is 6. The van der Waals surface area contributed by atoms with Crippen molar-refractivity contribution in [3.63, 3.8) is 0 Å². The van der Waals surface area contributed by atoms with Gasteiger partial charge in [0.05, 0.1) is 22.8 Å². The van der Waals surface area contributed by atoms with Gasteiger partial charge in [0, 0.05) is 25.3 Å². The zero-order valence-corrected chi connectivity index (χ0v) is 24.2. The number of carbonyl (C=O) groups is 2. The van der Waals surface area contributed by atoms with Gasteiger partial charge in [-0.2, -0.15) is 4.99 Å². The van der Waals surface area contributed by atoms with Gasteiger partial charge < -0.3 is 10.2 Å². The zero-order valence-electron chi connectivity index (χ0n) is 23.4. The molecule has 1 aliphatic heterocycles. The molecule has 3 aromatic carbocycles. The number of amidine groups is 1. The quantitative estimate of drug-likeness (QED) is 0.294. The van der Waals surface area contributed by atoms with Crippen molar-refractivity contribution in [2.45, 2.75) is 26.7 Å². The highest BCUT2D eigenvalue weighted by Crippen LogP contribution is 2.36. The summed E-state index contributed by atoms with van der Waals surface area (Å²) in [6, 6.07) is 17.2. The lowest BCUT2D eigenvalue weighted by Crippen LogP contribution is -2.31. The molecule has 1 fully saturated rings. The zero-order chi connectivity index (χ0) is 29.3. The number of aliphatic imine (C=N–C) groups is 1. The molecular weight excluding hydrogens is 541 g/mol. The van der Waals surface area contributed by atoms with Crippen LogP contribution in [0.5, 0.6) is 0 Å². The second kappa shape index (κ2) is 11.5. The van der Waals surface area contributed by atoms with E-state index in [1.54, 1.807) is 17.1 Å². The minimum absolute atomic E-state index is 0.0422. The van der Waals surface area contributed by atoms with Crippen LogP contribution in [0.15, 0.2) is 72.0 Å². The normalized spacial score (nSPS) is 14.3. The molecule has 0 atom stereocenters. The Morgan fingerprint density at radius 3 is 2.54 bits per heavy atom. The van der Waals surface area contributed by atoms with E-state index in [1.165, 1.54) is 28.8 Å². The number of urea groups is 1. The highest BCUT2D eigenvalue weighted by Gasteiger charge is 2.33. The lowest BCUT2D eigenvalue weighted by atomic mass is 9.99. The Morgan fingerprint density at radius 1 is 1.10 bits per heavy atom. The van der Waals surface area contributed by atoms with E-state index in [4.69, 9.17) is 0 Å². The summed E-state index contributed by atoms with van der Waals surface area (Å²) < 4.78 is 16.7. The molecule has 210 valence electrons. The summed E-state index contributed by atoms with van der Waals surface area (Å²) in [7, 11) is 3.84. The third-order valence-electron chi connectivity index (χ3n) is 6.62. The summed E-state index contributed by atoms with van der Waals surface area (Å²) in [4.78, 5) is 37.7. The van der Waals surface area contributed by atoms with E-state index in [0.717, 1.165) is 22.5 Å². The van der Waals surface area contributed by atoms with Gasteiger partial charge in [-0.15, -0.1) is 5.10 Å². The molecule has 0 aliphatic carbocycles. The molecule has 3 amide bonds. The van der Waals surface area contributed by atoms with Crippen LogP contribution in [0.4, 0.5) is 26.2 Å². The van der Waals surface area contributed by atoms with Gasteiger partial charge in [-0.25, -0.2) is 18.9 Å². The molecule has 1 saturated heterocycles. The lowest BCUT2D eigenvalue weighted by molar-refractivity contribution is -0.115. The SMILES string of the molecule is Cc1ccc(-n2cnc(-c3ccc(NC(=O)N=C4SCC(=O)N4c4cc(N(C)C)ccc4C(C)C)c(F)c3)n2)cc1. The Hall–Kier alpha value is -4.51. The van der Waals surface area contributed by atoms with E-state index in [-0.39, 0.29) is 28.4 Å². The number of thioether (sulfide) groups is 1. The first-order valence-electron chi connectivity index (χ1n) is 13.1. The van der Waals surface area contributed by atoms with Crippen LogP contribution in [0.1, 0.15) is 30.9 Å². The molecule has 11 heteroatoms. The van der Waals surface area contributed by atoms with Crippen molar-refractivity contribution >= 4 is 45.9 Å². The van der Waals surface area contributed by atoms with E-state index in [9.17, 15) is 9.59 Å². The van der Waals surface area contributed by atoms with Crippen LogP contribution in [0, 0.1) is 12.7 Å². The van der Waals surface area contributed by atoms with Gasteiger partial charge >= 0.3 is 6.03 Å². The van der Waals surface area contributed by atoms with Gasteiger partial charge in [0.25, 0.3) is 0 Å². The van der Waals surface area contributed by atoms with Crippen molar-refractivity contribution in [3.05, 3.63) is 83.9 Å². The fourth-order valence-electron chi connectivity index (χ4n) is 4.38. The monoisotopic (exact) mass is 571 g/mol. The van der Waals surface area contributed by atoms with E-state index in [1.807, 2.05) is 82.2 Å². The molecule has 0 bridgehead atoms. The maximum absolute atomic E-state index is 15.0. The van der Waals surface area contributed by atoms with Gasteiger partial charge in [-0.1, -0.05) is 49.4 Å². The third kappa shape index (κ3) is 5.99. The average molecular weight is 572 g/mol. The van der Waals surface area contributed by atoms with E-state index in [0.29, 0.717) is 17.1 Å². The summed E-state index contributed by atoms with van der Waals surface area (Å²) in [6.45, 7) is 6.08. The standard InChI is InChI=1S/C30H30FN7O2S/c1-18(2)23-12-11-22(36(4)5)15-26(23)38-27(39)16-41-30(38)34-29(40)33-25-13-8-20(14-24(25)31)28-32-17-37(35-28)21-9-6-19(3)7-10-21/h6-15,17-18H,16H2,1-5H3,(H,33,40). The largest absolute Gasteiger partial charge is 0.378 e. The minimum Gasteiger partial charge on any atom is -0.378 e. The Labute approximate surface area is 242 Å². The summed E-state index contributed by atoms with van der Waals surface area (Å²) >= 11 is 1.17. The Bertz CT molecular complexity index is 1650. The Morgan fingerprint density at radius 2 is 1.85 bits per heavy atom. The Balaban J connectivity index is 1.36. The number of nitrogens with zero attached hydrogens (tertiary/aromatic N) is 6. The number of hydrogen-bond donors (Lipinski definition) is 1. The summed E-state index contributed by atoms with van der Waals surface area (Å²) in [5.74, 6) is -0.190. The fraction of sp³-hybridized carbons (Fsp3) is 0.233. The van der Waals surface area contributed by atoms with Crippen molar-refractivity contribution in [2.24, 2.45) is 4.99 Å². The molecule has 0 spiro atoms. The molecular formula is C30H30FN7O2S. The number of benzene rings is 3. The second-order valence-corrected chi connectivity index (χ2v) is 11.1. The van der Waals surface area contributed by atoms with Crippen LogP contribution in [0.25, 0.3) is 17.1 Å². The second-order valence-electron chi connectivity index (χ2n) is 10.2. The molecule has 2 heterocycles. The van der Waals surface area contributed by atoms with Crippen LogP contribution in [-0.2, 0) is 4.79 Å². The molecule has 0 radical (unpaired) electrons. The molecule has 9 nitrogen and oxygen atoms in total. The highest BCUT2D eigenvalue weighted by molar-refractivity contribution is 8.15. The molecule has 41 heavy (non-hydrogen) atoms. The average Bonchev–Trinajstić information content (AvgIpc) is 3.57. The number of aryl methyl sites for hydroxylation is 1. The third-order valence-corrected chi connectivity index (χ3v) is 7.54. The molecule has 1 aliphatic rings. The van der Waals surface area contributed by atoms with Crippen LogP contribution in [0.2, 0.25) is 0 Å². The lowest BCUT2D eigenvalue weighted by Gasteiger charge is -2.24. The number of nitrogens with one attached hydrogen (secondary N) is 1. The first-order chi connectivity index (χ1) is 19.6. The van der Waals surface area contributed by atoms with E-state index < -0.39 is 11.8 Å². The molecule has 1 N–H and O–H groups in total. The van der Waals surface area contributed by atoms with Crippen molar-refractivity contribution < 1.29 is 14.0 Å². The summed E-state index contributed by atoms with van der Waals surface area (Å²) in [5.41, 5.74) is 4.94. The highest BCUT2D eigenvalue weighted by atomic mass is 32.2. The van der Waals surface area contributed by atoms with Gasteiger partial charge in [0.2, 0.25) is 5.91 Å². The van der Waals surface area contributed by atoms with Gasteiger partial charge in [0.1, 0.15) is 12.1 Å². The topological polar surface area (TPSA) is 95.7 Å². The van der Waals surface area contributed by atoms with Crippen LogP contribution in [-0.4, -0.2) is 51.7 Å². The van der Waals surface area contributed by atoms with Crippen molar-refractivity contribution in [3.8, 4) is 17.1 Å². The van der Waals surface area contributed by atoms with Gasteiger partial charge in [-0.05, 0) is 60.9 Å². The predicted octanol–water partition coefficient (Wildman–Crippen LogP) is 6.24. The smallest absolute Gasteiger partial charge is 0.347 e. The molecule has 0 unspecified atom stereocenters. The van der Waals surface area contributed by atoms with Gasteiger partial charge in [0.15, 0.2) is 11.0 Å². The van der Waals surface area contributed by atoms with Crippen LogP contribution in [0.3, 0.4) is 0 Å². The van der Waals surface area contributed by atoms with Crippen LogP contribution >= 0.6 is 11.8 Å². The predicted molar refractivity (Wildman–Crippen MR) is 163 cm³/mol. The fourth-order valence-corrected chi connectivity index (χ4v) is 5.24. The maximum Gasteiger partial charge on any atom is 0.347 e. The molecule has 5 rings (SSSR count). The first kappa shape index (κ1) is 28.0. The number of aromatic nitrogens is 3. The first-order valence-corrected chi connectivity index (χ1v) is 14.0. The number of amides is 3. The number of halogens is 1. The number of carbonyl (C=O) groups excluding carboxylic acids is 2. The summed E-state index contributed by atoms with van der Waals surface area (Å²) in [6.07, 6.45) is 1.56. The van der Waals surface area contributed by atoms with E-state index >= 15 is 4.39 Å². The maximum atomic E-state index is 15.0. The molecule has 1 aromatic heterocycles. The Kier molecular flexibility index (Phi) is 7.89. The summed E-state index contributed by atoms with van der Waals surface area (Å²) in [5, 5.41) is 7.19. The van der Waals surface area contributed by atoms with E-state index in [2.05, 4.69) is 20.4 Å². The van der Waals surface area contributed by atoms with Gasteiger partial charge in [-0.3, -0.25) is 9.69 Å². The minimum atomic E-state index is -0.782. The number of anilines is 3. The van der Waals surface area contributed by atoms with Crippen molar-refractivity contribution in [2.75, 3.05) is 35.0 Å². The number of rotatable bonds is 6. The van der Waals surface area contributed by atoms with Crippen molar-refractivity contribution in [1.82, 2.24) is 14.8 Å².